The van der Waals surface area contributed by atoms with Crippen molar-refractivity contribution in [1.29, 1.82) is 0 Å². The van der Waals surface area contributed by atoms with Gasteiger partial charge in [0.1, 0.15) is 4.90 Å². The first-order valence-corrected chi connectivity index (χ1v) is 6.87. The highest BCUT2D eigenvalue weighted by Crippen LogP contribution is 2.32. The zero-order valence-corrected chi connectivity index (χ0v) is 10.2. The minimum atomic E-state index is -3.78. The van der Waals surface area contributed by atoms with Crippen LogP contribution < -0.4 is 0 Å². The third-order valence-electron chi connectivity index (χ3n) is 1.95. The van der Waals surface area contributed by atoms with Gasteiger partial charge in [-0.15, -0.1) is 0 Å². The summed E-state index contributed by atoms with van der Waals surface area (Å²) in [6, 6.07) is 3.01. The zero-order valence-electron chi connectivity index (χ0n) is 7.09. The lowest BCUT2D eigenvalue weighted by atomic mass is 10.2. The maximum Gasteiger partial charge on any atom is 0.263 e. The van der Waals surface area contributed by atoms with E-state index in [1.807, 2.05) is 0 Å². The minimum absolute atomic E-state index is 0.00210. The summed E-state index contributed by atoms with van der Waals surface area (Å²) in [6.45, 7) is 0. The van der Waals surface area contributed by atoms with Crippen LogP contribution in [0.4, 0.5) is 0 Å². The highest BCUT2D eigenvalue weighted by Gasteiger charge is 2.16. The van der Waals surface area contributed by atoms with E-state index >= 15 is 0 Å². The lowest BCUT2D eigenvalue weighted by Gasteiger charge is -1.97. The van der Waals surface area contributed by atoms with Crippen molar-refractivity contribution >= 4 is 53.8 Å². The SMILES string of the molecule is O=S(=O)(Cl)c1c[nH]c2cc(Cl)c(Cl)cc12. The Morgan fingerprint density at radius 2 is 1.73 bits per heavy atom. The van der Waals surface area contributed by atoms with E-state index in [1.54, 1.807) is 6.07 Å². The summed E-state index contributed by atoms with van der Waals surface area (Å²) < 4.78 is 22.3. The number of aromatic nitrogens is 1. The Bertz CT molecular complexity index is 633. The van der Waals surface area contributed by atoms with E-state index in [1.165, 1.54) is 12.3 Å². The van der Waals surface area contributed by atoms with Crippen LogP contribution in [0.15, 0.2) is 23.2 Å². The van der Waals surface area contributed by atoms with Crippen LogP contribution in [0.3, 0.4) is 0 Å². The van der Waals surface area contributed by atoms with E-state index in [2.05, 4.69) is 4.98 Å². The molecule has 0 fully saturated rings. The highest BCUT2D eigenvalue weighted by atomic mass is 35.7. The molecule has 0 bridgehead atoms. The second-order valence-corrected chi connectivity index (χ2v) is 6.25. The summed E-state index contributed by atoms with van der Waals surface area (Å²) in [6.07, 6.45) is 1.31. The van der Waals surface area contributed by atoms with Crippen LogP contribution in [0.5, 0.6) is 0 Å². The Kier molecular flexibility index (Phi) is 2.63. The lowest BCUT2D eigenvalue weighted by Crippen LogP contribution is -1.87. The Labute approximate surface area is 100 Å². The number of hydrogen-bond acceptors (Lipinski definition) is 2. The normalized spacial score (nSPS) is 12.2. The van der Waals surface area contributed by atoms with Crippen LogP contribution in [0.1, 0.15) is 0 Å². The van der Waals surface area contributed by atoms with Crippen molar-refractivity contribution in [2.75, 3.05) is 0 Å². The van der Waals surface area contributed by atoms with Crippen molar-refractivity contribution in [1.82, 2.24) is 4.98 Å². The predicted octanol–water partition coefficient (Wildman–Crippen LogP) is 3.40. The van der Waals surface area contributed by atoms with Crippen LogP contribution in [0, 0.1) is 0 Å². The highest BCUT2D eigenvalue weighted by molar-refractivity contribution is 8.14. The number of aromatic amines is 1. The van der Waals surface area contributed by atoms with E-state index in [4.69, 9.17) is 33.9 Å². The quantitative estimate of drug-likeness (QED) is 0.816. The molecule has 15 heavy (non-hydrogen) atoms. The molecule has 80 valence electrons. The van der Waals surface area contributed by atoms with Gasteiger partial charge in [-0.3, -0.25) is 0 Å². The number of nitrogens with one attached hydrogen (secondary N) is 1. The van der Waals surface area contributed by atoms with Crippen LogP contribution in [-0.4, -0.2) is 13.4 Å². The molecule has 0 saturated heterocycles. The van der Waals surface area contributed by atoms with Gasteiger partial charge >= 0.3 is 0 Å². The van der Waals surface area contributed by atoms with E-state index in [9.17, 15) is 8.42 Å². The Balaban J connectivity index is 2.87. The lowest BCUT2D eigenvalue weighted by molar-refractivity contribution is 0.610. The fraction of sp³-hybridized carbons (Fsp3) is 0. The van der Waals surface area contributed by atoms with E-state index < -0.39 is 9.05 Å². The van der Waals surface area contributed by atoms with Gasteiger partial charge in [-0.1, -0.05) is 23.2 Å². The number of fused-ring (bicyclic) bond motifs is 1. The summed E-state index contributed by atoms with van der Waals surface area (Å²) in [5, 5.41) is 1.06. The molecule has 3 nitrogen and oxygen atoms in total. The van der Waals surface area contributed by atoms with Crippen LogP contribution >= 0.6 is 33.9 Å². The molecule has 0 saturated carbocycles. The zero-order chi connectivity index (χ0) is 11.2. The smallest absolute Gasteiger partial charge is 0.263 e. The average Bonchev–Trinajstić information content (AvgIpc) is 2.47. The Hall–Kier alpha value is -0.420. The molecule has 0 aliphatic rings. The topological polar surface area (TPSA) is 49.9 Å². The van der Waals surface area contributed by atoms with Crippen LogP contribution in [0.25, 0.3) is 10.9 Å². The van der Waals surface area contributed by atoms with Gasteiger partial charge in [-0.25, -0.2) is 8.42 Å². The van der Waals surface area contributed by atoms with Crippen molar-refractivity contribution in [2.45, 2.75) is 4.90 Å². The first-order chi connectivity index (χ1) is 6.89. The molecule has 0 atom stereocenters. The van der Waals surface area contributed by atoms with Crippen LogP contribution in [0.2, 0.25) is 10.0 Å². The minimum Gasteiger partial charge on any atom is -0.360 e. The summed E-state index contributed by atoms with van der Waals surface area (Å²) in [4.78, 5) is 2.75. The monoisotopic (exact) mass is 283 g/mol. The van der Waals surface area contributed by atoms with Crippen molar-refractivity contribution in [2.24, 2.45) is 0 Å². The number of benzene rings is 1. The van der Waals surface area contributed by atoms with Gasteiger partial charge in [0.2, 0.25) is 0 Å². The summed E-state index contributed by atoms with van der Waals surface area (Å²) >= 11 is 11.6. The molecule has 2 rings (SSSR count). The molecule has 1 aromatic carbocycles. The third kappa shape index (κ3) is 1.95. The molecule has 7 heteroatoms. The molecular weight excluding hydrogens is 281 g/mol. The van der Waals surface area contributed by atoms with Gasteiger partial charge in [-0.2, -0.15) is 0 Å². The molecule has 0 aliphatic carbocycles. The fourth-order valence-electron chi connectivity index (χ4n) is 1.29. The maximum atomic E-state index is 11.2. The summed E-state index contributed by atoms with van der Waals surface area (Å²) in [7, 11) is 1.47. The first-order valence-electron chi connectivity index (χ1n) is 3.80. The van der Waals surface area contributed by atoms with Crippen molar-refractivity contribution in [3.8, 4) is 0 Å². The predicted molar refractivity (Wildman–Crippen MR) is 61.4 cm³/mol. The van der Waals surface area contributed by atoms with E-state index in [0.29, 0.717) is 15.9 Å². The number of rotatable bonds is 1. The van der Waals surface area contributed by atoms with Crippen molar-refractivity contribution in [3.05, 3.63) is 28.4 Å². The van der Waals surface area contributed by atoms with Gasteiger partial charge in [0.15, 0.2) is 0 Å². The maximum absolute atomic E-state index is 11.2. The molecule has 0 unspecified atom stereocenters. The number of halogens is 3. The third-order valence-corrected chi connectivity index (χ3v) is 4.03. The van der Waals surface area contributed by atoms with Crippen molar-refractivity contribution in [3.63, 3.8) is 0 Å². The molecule has 0 spiro atoms. The second-order valence-electron chi connectivity index (χ2n) is 2.90. The van der Waals surface area contributed by atoms with E-state index in [0.717, 1.165) is 0 Å². The number of hydrogen-bond donors (Lipinski definition) is 1. The van der Waals surface area contributed by atoms with Crippen molar-refractivity contribution < 1.29 is 8.42 Å². The molecule has 2 aromatic rings. The van der Waals surface area contributed by atoms with Gasteiger partial charge in [0.05, 0.1) is 10.0 Å². The number of H-pyrrole nitrogens is 1. The van der Waals surface area contributed by atoms with Gasteiger partial charge < -0.3 is 4.98 Å². The summed E-state index contributed by atoms with van der Waals surface area (Å²) in [5.41, 5.74) is 0.573. The van der Waals surface area contributed by atoms with E-state index in [-0.39, 0.29) is 9.92 Å². The second kappa shape index (κ2) is 3.56. The fourth-order valence-corrected chi connectivity index (χ4v) is 2.63. The largest absolute Gasteiger partial charge is 0.360 e. The Morgan fingerprint density at radius 3 is 2.33 bits per heavy atom. The summed E-state index contributed by atoms with van der Waals surface area (Å²) in [5.74, 6) is 0. The molecule has 0 amide bonds. The molecule has 1 heterocycles. The van der Waals surface area contributed by atoms with Crippen LogP contribution in [-0.2, 0) is 9.05 Å². The first kappa shape index (κ1) is 11.1. The molecule has 0 aliphatic heterocycles. The van der Waals surface area contributed by atoms with Gasteiger partial charge in [0.25, 0.3) is 9.05 Å². The standard InChI is InChI=1S/C8H4Cl3NO2S/c9-5-1-4-7(2-6(5)10)12-3-8(4)15(11,13)14/h1-3,12H. The molecule has 1 N–H and O–H groups in total. The Morgan fingerprint density at radius 1 is 1.13 bits per heavy atom. The molecule has 0 radical (unpaired) electrons. The van der Waals surface area contributed by atoms with Gasteiger partial charge in [0, 0.05) is 27.8 Å². The molecule has 1 aromatic heterocycles. The average molecular weight is 285 g/mol. The van der Waals surface area contributed by atoms with Gasteiger partial charge in [-0.05, 0) is 12.1 Å². The molecular formula is C8H4Cl3NO2S.